The van der Waals surface area contributed by atoms with Crippen LogP contribution in [0.15, 0.2) is 12.7 Å². The van der Waals surface area contributed by atoms with Crippen molar-refractivity contribution in [3.8, 4) is 0 Å². The second kappa shape index (κ2) is 2.09. The molecule has 1 atom stereocenters. The molecule has 0 amide bonds. The lowest BCUT2D eigenvalue weighted by Crippen LogP contribution is -2.24. The molecule has 0 saturated carbocycles. The quantitative estimate of drug-likeness (QED) is 0.308. The molecule has 0 bridgehead atoms. The van der Waals surface area contributed by atoms with Crippen molar-refractivity contribution in [3.63, 3.8) is 0 Å². The Morgan fingerprint density at radius 1 is 1.40 bits per heavy atom. The Balaban J connectivity index is 1.91. The van der Waals surface area contributed by atoms with Gasteiger partial charge in [-0.05, 0) is 0 Å². The highest BCUT2D eigenvalue weighted by Gasteiger charge is 2.54. The summed E-state index contributed by atoms with van der Waals surface area (Å²) in [5.74, 6) is 0. The van der Waals surface area contributed by atoms with E-state index >= 15 is 0 Å². The summed E-state index contributed by atoms with van der Waals surface area (Å²) >= 11 is 0. The first-order valence-electron chi connectivity index (χ1n) is 4.34. The van der Waals surface area contributed by atoms with E-state index in [0.29, 0.717) is 0 Å². The lowest BCUT2D eigenvalue weighted by molar-refractivity contribution is -0.799. The van der Waals surface area contributed by atoms with Crippen LogP contribution in [0, 0.1) is 0 Å². The number of quaternary nitrogens is 1. The Bertz CT molecular complexity index is 145. The van der Waals surface area contributed by atoms with Gasteiger partial charge < -0.3 is 4.48 Å². The topological polar surface area (TPSA) is 0 Å². The van der Waals surface area contributed by atoms with Gasteiger partial charge in [0.15, 0.2) is 0 Å². The molecule has 2 heterocycles. The van der Waals surface area contributed by atoms with Crippen LogP contribution < -0.4 is 0 Å². The van der Waals surface area contributed by atoms with Crippen LogP contribution >= 0.6 is 0 Å². The first kappa shape index (κ1) is 6.41. The third-order valence-electron chi connectivity index (χ3n) is 3.11. The number of hydrogen-bond donors (Lipinski definition) is 0. The van der Waals surface area contributed by atoms with E-state index in [4.69, 9.17) is 0 Å². The van der Waals surface area contributed by atoms with E-state index in [1.54, 1.807) is 0 Å². The van der Waals surface area contributed by atoms with Gasteiger partial charge in [0, 0.05) is 19.3 Å². The molecule has 1 unspecified atom stereocenters. The first-order chi connectivity index (χ1) is 4.87. The van der Waals surface area contributed by atoms with E-state index in [1.165, 1.54) is 43.4 Å². The van der Waals surface area contributed by atoms with Gasteiger partial charge in [-0.15, -0.1) is 6.58 Å². The number of rotatable bonds is 2. The molecule has 0 radical (unpaired) electrons. The summed E-state index contributed by atoms with van der Waals surface area (Å²) in [7, 11) is 0. The van der Waals surface area contributed by atoms with E-state index in [-0.39, 0.29) is 0 Å². The van der Waals surface area contributed by atoms with E-state index in [2.05, 4.69) is 12.7 Å². The van der Waals surface area contributed by atoms with Gasteiger partial charge in [0.2, 0.25) is 0 Å². The molecule has 10 heavy (non-hydrogen) atoms. The van der Waals surface area contributed by atoms with Crippen LogP contribution in [0.3, 0.4) is 0 Å². The van der Waals surface area contributed by atoms with Gasteiger partial charge in [0.25, 0.3) is 0 Å². The summed E-state index contributed by atoms with van der Waals surface area (Å²) in [5.41, 5.74) is 0. The number of nitrogens with zero attached hydrogens (tertiary/aromatic N) is 1. The zero-order valence-corrected chi connectivity index (χ0v) is 6.55. The third-order valence-corrected chi connectivity index (χ3v) is 3.11. The monoisotopic (exact) mass is 138 g/mol. The zero-order valence-electron chi connectivity index (χ0n) is 6.55. The molecular formula is C9H16N+. The van der Waals surface area contributed by atoms with Crippen molar-refractivity contribution in [3.05, 3.63) is 12.7 Å². The van der Waals surface area contributed by atoms with Crippen LogP contribution in [0.25, 0.3) is 0 Å². The fraction of sp³-hybridized carbons (Fsp3) is 0.778. The molecule has 0 N–H and O–H groups in total. The van der Waals surface area contributed by atoms with Crippen molar-refractivity contribution in [1.82, 2.24) is 0 Å². The van der Waals surface area contributed by atoms with Crippen molar-refractivity contribution in [2.45, 2.75) is 25.3 Å². The van der Waals surface area contributed by atoms with E-state index in [9.17, 15) is 0 Å². The maximum absolute atomic E-state index is 3.79. The van der Waals surface area contributed by atoms with Crippen LogP contribution in [-0.2, 0) is 0 Å². The van der Waals surface area contributed by atoms with E-state index in [1.807, 2.05) is 0 Å². The van der Waals surface area contributed by atoms with E-state index in [0.717, 1.165) is 6.04 Å². The molecule has 2 fully saturated rings. The van der Waals surface area contributed by atoms with E-state index < -0.39 is 0 Å². The molecule has 2 aliphatic rings. The maximum Gasteiger partial charge on any atom is 0.142 e. The first-order valence-corrected chi connectivity index (χ1v) is 4.34. The predicted octanol–water partition coefficient (Wildman–Crippen LogP) is 1.56. The Kier molecular flexibility index (Phi) is 1.34. The fourth-order valence-electron chi connectivity index (χ4n) is 2.38. The van der Waals surface area contributed by atoms with Crippen LogP contribution in [0.4, 0.5) is 0 Å². The fourth-order valence-corrected chi connectivity index (χ4v) is 2.38. The van der Waals surface area contributed by atoms with Crippen molar-refractivity contribution < 1.29 is 4.48 Å². The van der Waals surface area contributed by atoms with Crippen molar-refractivity contribution in [2.75, 3.05) is 19.6 Å². The maximum atomic E-state index is 3.79. The lowest BCUT2D eigenvalue weighted by atomic mass is 10.3. The van der Waals surface area contributed by atoms with Crippen molar-refractivity contribution in [2.24, 2.45) is 0 Å². The van der Waals surface area contributed by atoms with Crippen molar-refractivity contribution >= 4 is 0 Å². The van der Waals surface area contributed by atoms with Gasteiger partial charge in [-0.2, -0.15) is 0 Å². The van der Waals surface area contributed by atoms with Gasteiger partial charge in [0.1, 0.15) is 12.6 Å². The molecule has 0 aromatic rings. The van der Waals surface area contributed by atoms with Crippen LogP contribution in [-0.4, -0.2) is 30.2 Å². The summed E-state index contributed by atoms with van der Waals surface area (Å²) in [6.45, 7) is 8.15. The summed E-state index contributed by atoms with van der Waals surface area (Å²) in [5, 5.41) is 0. The molecule has 0 aliphatic carbocycles. The van der Waals surface area contributed by atoms with Crippen molar-refractivity contribution in [1.29, 1.82) is 0 Å². The largest absolute Gasteiger partial charge is 0.311 e. The van der Waals surface area contributed by atoms with Crippen LogP contribution in [0.2, 0.25) is 0 Å². The smallest absolute Gasteiger partial charge is 0.142 e. The Morgan fingerprint density at radius 3 is 2.70 bits per heavy atom. The average molecular weight is 138 g/mol. The van der Waals surface area contributed by atoms with Gasteiger partial charge >= 0.3 is 0 Å². The van der Waals surface area contributed by atoms with Crippen LogP contribution in [0.1, 0.15) is 19.3 Å². The molecule has 2 aliphatic heterocycles. The minimum Gasteiger partial charge on any atom is -0.311 e. The molecule has 1 nitrogen and oxygen atoms in total. The summed E-state index contributed by atoms with van der Waals surface area (Å²) < 4.78 is 1.45. The molecule has 56 valence electrons. The zero-order chi connectivity index (χ0) is 7.03. The Morgan fingerprint density at radius 2 is 2.10 bits per heavy atom. The molecule has 0 aromatic heterocycles. The highest BCUT2D eigenvalue weighted by Crippen LogP contribution is 2.38. The lowest BCUT2D eigenvalue weighted by Gasteiger charge is -2.10. The average Bonchev–Trinajstić information content (AvgIpc) is 2.43. The highest BCUT2D eigenvalue weighted by molar-refractivity contribution is 4.84. The van der Waals surface area contributed by atoms with Gasteiger partial charge in [-0.3, -0.25) is 0 Å². The summed E-state index contributed by atoms with van der Waals surface area (Å²) in [4.78, 5) is 0. The normalized spacial score (nSPS) is 34.6. The van der Waals surface area contributed by atoms with Crippen LogP contribution in [0.5, 0.6) is 0 Å². The Labute approximate surface area is 62.9 Å². The minimum atomic E-state index is 0.972. The molecular weight excluding hydrogens is 122 g/mol. The standard InChI is InChI=1S/C9H16N/c1-2-5-9-8-10(9)6-3-4-7-10/h2,9H,1,3-8H2/q+1. The molecule has 1 heteroatoms. The molecule has 2 saturated heterocycles. The Hall–Kier alpha value is -0.300. The van der Waals surface area contributed by atoms with Gasteiger partial charge in [-0.25, -0.2) is 0 Å². The highest BCUT2D eigenvalue weighted by atomic mass is 15.5. The second-order valence-corrected chi connectivity index (χ2v) is 3.73. The molecule has 0 aromatic carbocycles. The minimum absolute atomic E-state index is 0.972. The molecule has 2 rings (SSSR count). The summed E-state index contributed by atoms with van der Waals surface area (Å²) in [6.07, 6.45) is 6.26. The molecule has 1 spiro atoms. The van der Waals surface area contributed by atoms with Gasteiger partial charge in [-0.1, -0.05) is 6.08 Å². The third kappa shape index (κ3) is 0.807. The second-order valence-electron chi connectivity index (χ2n) is 3.73. The predicted molar refractivity (Wildman–Crippen MR) is 42.7 cm³/mol. The summed E-state index contributed by atoms with van der Waals surface area (Å²) in [6, 6.07) is 0.972. The SMILES string of the molecule is C=CCC1C[N+]12CCCC2. The number of hydrogen-bond acceptors (Lipinski definition) is 0. The van der Waals surface area contributed by atoms with Gasteiger partial charge in [0.05, 0.1) is 13.1 Å².